The van der Waals surface area contributed by atoms with E-state index in [1.165, 1.54) is 0 Å². The third kappa shape index (κ3) is 3.60. The fourth-order valence-electron chi connectivity index (χ4n) is 2.59. The molecule has 102 valence electrons. The van der Waals surface area contributed by atoms with Gasteiger partial charge in [0.05, 0.1) is 6.61 Å². The van der Waals surface area contributed by atoms with Crippen LogP contribution in [0.25, 0.3) is 0 Å². The van der Waals surface area contributed by atoms with E-state index in [2.05, 4.69) is 10.6 Å². The summed E-state index contributed by atoms with van der Waals surface area (Å²) in [7, 11) is 0. The molecule has 4 N–H and O–H groups in total. The van der Waals surface area contributed by atoms with E-state index in [9.17, 15) is 9.59 Å². The largest absolute Gasteiger partial charge is 0.381 e. The van der Waals surface area contributed by atoms with Crippen molar-refractivity contribution in [1.29, 1.82) is 0 Å². The number of hydrogen-bond donors (Lipinski definition) is 3. The molecule has 6 heteroatoms. The predicted octanol–water partition coefficient (Wildman–Crippen LogP) is -0.0239. The van der Waals surface area contributed by atoms with Crippen molar-refractivity contribution in [2.45, 2.75) is 31.7 Å². The molecule has 1 unspecified atom stereocenters. The van der Waals surface area contributed by atoms with Crippen LogP contribution in [0.5, 0.6) is 0 Å². The van der Waals surface area contributed by atoms with Crippen molar-refractivity contribution in [2.75, 3.05) is 19.8 Å². The van der Waals surface area contributed by atoms with Gasteiger partial charge in [0.25, 0.3) is 0 Å². The SMILES string of the molecule is NC(=O)[C@@H]1CC[C@H](NC(=O)NCC2CCOC2)C1. The number of rotatable bonds is 4. The van der Waals surface area contributed by atoms with Crippen molar-refractivity contribution >= 4 is 11.9 Å². The first-order chi connectivity index (χ1) is 8.65. The summed E-state index contributed by atoms with van der Waals surface area (Å²) in [6.45, 7) is 2.17. The van der Waals surface area contributed by atoms with Crippen molar-refractivity contribution < 1.29 is 14.3 Å². The van der Waals surface area contributed by atoms with Gasteiger partial charge < -0.3 is 21.1 Å². The summed E-state index contributed by atoms with van der Waals surface area (Å²) >= 11 is 0. The van der Waals surface area contributed by atoms with Gasteiger partial charge >= 0.3 is 6.03 Å². The molecule has 2 rings (SSSR count). The lowest BCUT2D eigenvalue weighted by Gasteiger charge is -2.15. The normalized spacial score (nSPS) is 31.2. The number of nitrogens with two attached hydrogens (primary N) is 1. The zero-order valence-corrected chi connectivity index (χ0v) is 10.5. The fourth-order valence-corrected chi connectivity index (χ4v) is 2.59. The molecular formula is C12H21N3O3. The minimum atomic E-state index is -0.261. The Labute approximate surface area is 107 Å². The van der Waals surface area contributed by atoms with E-state index >= 15 is 0 Å². The van der Waals surface area contributed by atoms with Gasteiger partial charge in [-0.3, -0.25) is 4.79 Å². The van der Waals surface area contributed by atoms with Crippen LogP contribution in [-0.2, 0) is 9.53 Å². The summed E-state index contributed by atoms with van der Waals surface area (Å²) in [5, 5.41) is 5.74. The molecule has 2 fully saturated rings. The van der Waals surface area contributed by atoms with Gasteiger partial charge in [-0.2, -0.15) is 0 Å². The lowest BCUT2D eigenvalue weighted by Crippen LogP contribution is -2.43. The van der Waals surface area contributed by atoms with Crippen LogP contribution in [0.2, 0.25) is 0 Å². The lowest BCUT2D eigenvalue weighted by atomic mass is 10.1. The number of nitrogens with one attached hydrogen (secondary N) is 2. The van der Waals surface area contributed by atoms with Gasteiger partial charge in [0.15, 0.2) is 0 Å². The van der Waals surface area contributed by atoms with E-state index in [1.54, 1.807) is 0 Å². The summed E-state index contributed by atoms with van der Waals surface area (Å²) < 4.78 is 5.24. The zero-order valence-electron chi connectivity index (χ0n) is 10.5. The summed E-state index contributed by atoms with van der Waals surface area (Å²) in [6.07, 6.45) is 3.27. The first kappa shape index (κ1) is 13.1. The molecule has 1 aliphatic carbocycles. The highest BCUT2D eigenvalue weighted by Gasteiger charge is 2.29. The van der Waals surface area contributed by atoms with E-state index in [-0.39, 0.29) is 23.9 Å². The second kappa shape index (κ2) is 6.04. The van der Waals surface area contributed by atoms with Gasteiger partial charge in [-0.25, -0.2) is 4.79 Å². The lowest BCUT2D eigenvalue weighted by molar-refractivity contribution is -0.121. The average molecular weight is 255 g/mol. The van der Waals surface area contributed by atoms with Crippen molar-refractivity contribution in [1.82, 2.24) is 10.6 Å². The maximum absolute atomic E-state index is 11.7. The highest BCUT2D eigenvalue weighted by atomic mass is 16.5. The van der Waals surface area contributed by atoms with Crippen molar-refractivity contribution in [3.05, 3.63) is 0 Å². The Balaban J connectivity index is 1.63. The molecule has 1 aliphatic heterocycles. The molecule has 0 aromatic carbocycles. The summed E-state index contributed by atoms with van der Waals surface area (Å²) in [4.78, 5) is 22.7. The van der Waals surface area contributed by atoms with Crippen LogP contribution in [0.1, 0.15) is 25.7 Å². The molecule has 0 bridgehead atoms. The van der Waals surface area contributed by atoms with E-state index in [0.29, 0.717) is 18.9 Å². The molecular weight excluding hydrogens is 234 g/mol. The molecule has 2 aliphatic rings. The maximum atomic E-state index is 11.7. The van der Waals surface area contributed by atoms with Crippen molar-refractivity contribution in [3.8, 4) is 0 Å². The Morgan fingerprint density at radius 3 is 2.72 bits per heavy atom. The number of hydrogen-bond acceptors (Lipinski definition) is 3. The smallest absolute Gasteiger partial charge is 0.315 e. The third-order valence-electron chi connectivity index (χ3n) is 3.75. The monoisotopic (exact) mass is 255 g/mol. The topological polar surface area (TPSA) is 93.5 Å². The summed E-state index contributed by atoms with van der Waals surface area (Å²) in [6, 6.07) is -0.0839. The van der Waals surface area contributed by atoms with Crippen LogP contribution >= 0.6 is 0 Å². The van der Waals surface area contributed by atoms with Crippen LogP contribution in [0.3, 0.4) is 0 Å². The second-order valence-corrected chi connectivity index (χ2v) is 5.19. The van der Waals surface area contributed by atoms with Gasteiger partial charge in [0, 0.05) is 31.0 Å². The predicted molar refractivity (Wildman–Crippen MR) is 65.8 cm³/mol. The third-order valence-corrected chi connectivity index (χ3v) is 3.75. The first-order valence-corrected chi connectivity index (χ1v) is 6.56. The first-order valence-electron chi connectivity index (χ1n) is 6.56. The molecule has 0 spiro atoms. The molecule has 0 aromatic heterocycles. The number of primary amides is 1. The second-order valence-electron chi connectivity index (χ2n) is 5.19. The minimum Gasteiger partial charge on any atom is -0.381 e. The number of urea groups is 1. The van der Waals surface area contributed by atoms with Crippen LogP contribution in [0, 0.1) is 11.8 Å². The molecule has 3 amide bonds. The maximum Gasteiger partial charge on any atom is 0.315 e. The van der Waals surface area contributed by atoms with Gasteiger partial charge in [-0.15, -0.1) is 0 Å². The van der Waals surface area contributed by atoms with Gasteiger partial charge in [-0.1, -0.05) is 0 Å². The Morgan fingerprint density at radius 2 is 2.11 bits per heavy atom. The van der Waals surface area contributed by atoms with Crippen molar-refractivity contribution in [2.24, 2.45) is 17.6 Å². The summed E-state index contributed by atoms with van der Waals surface area (Å²) in [5.41, 5.74) is 5.25. The molecule has 0 aromatic rings. The van der Waals surface area contributed by atoms with Gasteiger partial charge in [0.1, 0.15) is 0 Å². The van der Waals surface area contributed by atoms with E-state index < -0.39 is 0 Å². The summed E-state index contributed by atoms with van der Waals surface area (Å²) in [5.74, 6) is 0.0824. The van der Waals surface area contributed by atoms with E-state index in [1.807, 2.05) is 0 Å². The molecule has 0 radical (unpaired) electrons. The molecule has 6 nitrogen and oxygen atoms in total. The Kier molecular flexibility index (Phi) is 4.41. The highest BCUT2D eigenvalue weighted by molar-refractivity contribution is 5.77. The molecule has 3 atom stereocenters. The Morgan fingerprint density at radius 1 is 1.28 bits per heavy atom. The zero-order chi connectivity index (χ0) is 13.0. The van der Waals surface area contributed by atoms with E-state index in [0.717, 1.165) is 32.5 Å². The Bertz CT molecular complexity index is 316. The minimum absolute atomic E-state index is 0.0716. The molecule has 1 saturated heterocycles. The standard InChI is InChI=1S/C12H21N3O3/c13-11(16)9-1-2-10(5-9)15-12(17)14-6-8-3-4-18-7-8/h8-10H,1-7H2,(H2,13,16)(H2,14,15,17)/t8?,9-,10+/m1/s1. The van der Waals surface area contributed by atoms with Crippen LogP contribution in [0.15, 0.2) is 0 Å². The van der Waals surface area contributed by atoms with Crippen LogP contribution in [0.4, 0.5) is 4.79 Å². The molecule has 18 heavy (non-hydrogen) atoms. The number of carbonyl (C=O) groups excluding carboxylic acids is 2. The Hall–Kier alpha value is -1.30. The van der Waals surface area contributed by atoms with Crippen LogP contribution < -0.4 is 16.4 Å². The molecule has 1 heterocycles. The number of amides is 3. The molecule has 1 saturated carbocycles. The quantitative estimate of drug-likeness (QED) is 0.659. The number of carbonyl (C=O) groups is 2. The van der Waals surface area contributed by atoms with Gasteiger partial charge in [0.2, 0.25) is 5.91 Å². The highest BCUT2D eigenvalue weighted by Crippen LogP contribution is 2.24. The van der Waals surface area contributed by atoms with Crippen molar-refractivity contribution in [3.63, 3.8) is 0 Å². The van der Waals surface area contributed by atoms with Gasteiger partial charge in [-0.05, 0) is 25.7 Å². The average Bonchev–Trinajstić information content (AvgIpc) is 2.96. The van der Waals surface area contributed by atoms with E-state index in [4.69, 9.17) is 10.5 Å². The van der Waals surface area contributed by atoms with Crippen LogP contribution in [-0.4, -0.2) is 37.7 Å². The number of ether oxygens (including phenoxy) is 1. The fraction of sp³-hybridized carbons (Fsp3) is 0.833.